The van der Waals surface area contributed by atoms with Crippen molar-refractivity contribution in [2.75, 3.05) is 0 Å². The highest BCUT2D eigenvalue weighted by Crippen LogP contribution is 2.46. The topological polar surface area (TPSA) is 64.7 Å². The van der Waals surface area contributed by atoms with E-state index < -0.39 is 0 Å². The van der Waals surface area contributed by atoms with E-state index in [4.69, 9.17) is 24.4 Å². The second kappa shape index (κ2) is 13.0. The number of nitrogens with zero attached hydrogens (tertiary/aromatic N) is 4. The molecular weight excluding hydrogens is 729 g/mol. The summed E-state index contributed by atoms with van der Waals surface area (Å²) in [5, 5.41) is 7.93. The van der Waals surface area contributed by atoms with Gasteiger partial charge in [0, 0.05) is 63.8 Å². The molecule has 0 aliphatic carbocycles. The summed E-state index contributed by atoms with van der Waals surface area (Å²) in [6.45, 7) is 0. The zero-order valence-electron chi connectivity index (χ0n) is 30.9. The largest absolute Gasteiger partial charge is 0.455 e. The molecule has 0 fully saturated rings. The van der Waals surface area contributed by atoms with E-state index >= 15 is 0 Å². The molecule has 12 aromatic rings. The van der Waals surface area contributed by atoms with Gasteiger partial charge in [-0.1, -0.05) is 146 Å². The molecule has 4 aromatic heterocycles. The van der Waals surface area contributed by atoms with Gasteiger partial charge in [-0.2, -0.15) is 0 Å². The average Bonchev–Trinajstić information content (AvgIpc) is 3.88. The number of aromatic nitrogens is 4. The van der Waals surface area contributed by atoms with Crippen LogP contribution in [0.1, 0.15) is 0 Å². The second-order valence-corrected chi connectivity index (χ2v) is 15.6. The Hall–Kier alpha value is -7.54. The molecule has 5 nitrogen and oxygen atoms in total. The van der Waals surface area contributed by atoms with Crippen molar-refractivity contribution in [2.45, 2.75) is 0 Å². The molecule has 0 aliphatic heterocycles. The monoisotopic (exact) mass is 758 g/mol. The van der Waals surface area contributed by atoms with Crippen molar-refractivity contribution in [3.8, 4) is 56.5 Å². The van der Waals surface area contributed by atoms with Crippen LogP contribution in [0.25, 0.3) is 120 Å². The van der Waals surface area contributed by atoms with Crippen molar-refractivity contribution in [1.29, 1.82) is 0 Å². The van der Waals surface area contributed by atoms with Crippen LogP contribution in [0.4, 0.5) is 0 Å². The van der Waals surface area contributed by atoms with Gasteiger partial charge in [0.25, 0.3) is 0 Å². The molecule has 0 N–H and O–H groups in total. The van der Waals surface area contributed by atoms with Gasteiger partial charge in [-0.15, -0.1) is 11.3 Å². The van der Waals surface area contributed by atoms with Gasteiger partial charge in [0.15, 0.2) is 17.5 Å². The first-order chi connectivity index (χ1) is 28.7. The van der Waals surface area contributed by atoms with Gasteiger partial charge >= 0.3 is 0 Å². The Morgan fingerprint density at radius 1 is 0.379 bits per heavy atom. The maximum Gasteiger partial charge on any atom is 0.167 e. The lowest BCUT2D eigenvalue weighted by Crippen LogP contribution is -2.00. The lowest BCUT2D eigenvalue weighted by molar-refractivity contribution is 0.669. The van der Waals surface area contributed by atoms with Crippen molar-refractivity contribution in [1.82, 2.24) is 19.9 Å². The maximum atomic E-state index is 6.53. The Morgan fingerprint density at radius 2 is 1.00 bits per heavy atom. The van der Waals surface area contributed by atoms with Crippen LogP contribution >= 0.6 is 11.3 Å². The number of para-hydroxylation sites is 3. The fraction of sp³-hybridized carbons (Fsp3) is 0. The SMILES string of the molecule is c1ccc(-c2cccc(-c3nc(-c4cccc5c4oc4ccccc45)nc(-c4cccc5c4sc4ccc6c(-c7ccccc7)nc7ccccc7c6c45)n3)c2)cc1. The van der Waals surface area contributed by atoms with Crippen LogP contribution < -0.4 is 0 Å². The van der Waals surface area contributed by atoms with Crippen molar-refractivity contribution in [2.24, 2.45) is 0 Å². The van der Waals surface area contributed by atoms with E-state index in [2.05, 4.69) is 146 Å². The third kappa shape index (κ3) is 5.16. The fourth-order valence-corrected chi connectivity index (χ4v) is 9.68. The standard InChI is InChI=1S/C52H30N4OS/c1-3-14-31(15-4-1)33-18-11-19-34(30-33)50-54-51(40-24-12-22-36-35-20-8-10-27-43(35)57-48(36)40)56-52(55-50)41-25-13-23-39-46-44(58-49(39)41)29-28-38-45(46)37-21-7-9-26-42(37)53-47(38)32-16-5-2-6-17-32/h1-30H. The summed E-state index contributed by atoms with van der Waals surface area (Å²) in [4.78, 5) is 21.0. The summed E-state index contributed by atoms with van der Waals surface area (Å²) >= 11 is 1.78. The molecular formula is C52H30N4OS. The number of rotatable bonds is 5. The first-order valence-electron chi connectivity index (χ1n) is 19.3. The van der Waals surface area contributed by atoms with Gasteiger partial charge in [0.2, 0.25) is 0 Å². The highest BCUT2D eigenvalue weighted by Gasteiger charge is 2.22. The number of furan rings is 1. The summed E-state index contributed by atoms with van der Waals surface area (Å²) in [6.07, 6.45) is 0. The van der Waals surface area contributed by atoms with Gasteiger partial charge in [-0.3, -0.25) is 0 Å². The lowest BCUT2D eigenvalue weighted by atomic mass is 9.96. The van der Waals surface area contributed by atoms with Gasteiger partial charge in [0.1, 0.15) is 11.2 Å². The van der Waals surface area contributed by atoms with Crippen molar-refractivity contribution < 1.29 is 4.42 Å². The fourth-order valence-electron chi connectivity index (χ4n) is 8.46. The zero-order chi connectivity index (χ0) is 38.2. The molecule has 8 aromatic carbocycles. The average molecular weight is 759 g/mol. The second-order valence-electron chi connectivity index (χ2n) is 14.5. The smallest absolute Gasteiger partial charge is 0.167 e. The van der Waals surface area contributed by atoms with Crippen LogP contribution in [-0.4, -0.2) is 19.9 Å². The van der Waals surface area contributed by atoms with Gasteiger partial charge < -0.3 is 4.42 Å². The molecule has 4 heterocycles. The van der Waals surface area contributed by atoms with Crippen molar-refractivity contribution in [3.05, 3.63) is 182 Å². The summed E-state index contributed by atoms with van der Waals surface area (Å²) < 4.78 is 8.85. The molecule has 0 spiro atoms. The molecule has 0 aliphatic rings. The van der Waals surface area contributed by atoms with E-state index in [9.17, 15) is 0 Å². The molecule has 0 saturated heterocycles. The summed E-state index contributed by atoms with van der Waals surface area (Å²) in [7, 11) is 0. The quantitative estimate of drug-likeness (QED) is 0.164. The van der Waals surface area contributed by atoms with E-state index in [0.29, 0.717) is 17.5 Å². The van der Waals surface area contributed by atoms with Crippen LogP contribution in [0, 0.1) is 0 Å². The molecule has 0 amide bonds. The molecule has 58 heavy (non-hydrogen) atoms. The number of benzene rings is 8. The van der Waals surface area contributed by atoms with E-state index in [-0.39, 0.29) is 0 Å². The molecule has 0 radical (unpaired) electrons. The predicted octanol–water partition coefficient (Wildman–Crippen LogP) is 14.2. The number of fused-ring (bicyclic) bond motifs is 10. The van der Waals surface area contributed by atoms with Crippen LogP contribution in [0.2, 0.25) is 0 Å². The number of hydrogen-bond acceptors (Lipinski definition) is 6. The molecule has 12 rings (SSSR count). The van der Waals surface area contributed by atoms with Gasteiger partial charge in [0.05, 0.1) is 16.8 Å². The first kappa shape index (κ1) is 32.7. The highest BCUT2D eigenvalue weighted by atomic mass is 32.1. The normalized spacial score (nSPS) is 11.8. The molecule has 6 heteroatoms. The summed E-state index contributed by atoms with van der Waals surface area (Å²) in [5.41, 5.74) is 9.54. The Morgan fingerprint density at radius 3 is 1.84 bits per heavy atom. The van der Waals surface area contributed by atoms with Gasteiger partial charge in [-0.05, 0) is 47.5 Å². The van der Waals surface area contributed by atoms with E-state index in [1.165, 1.54) is 15.5 Å². The Kier molecular flexibility index (Phi) is 7.33. The number of pyridine rings is 1. The third-order valence-electron chi connectivity index (χ3n) is 11.1. The molecule has 0 bridgehead atoms. The molecule has 270 valence electrons. The summed E-state index contributed by atoms with van der Waals surface area (Å²) in [6, 6.07) is 63.1. The molecule has 0 atom stereocenters. The predicted molar refractivity (Wildman–Crippen MR) is 240 cm³/mol. The Balaban J connectivity index is 1.13. The van der Waals surface area contributed by atoms with E-state index in [1.54, 1.807) is 11.3 Å². The number of thiophene rings is 1. The van der Waals surface area contributed by atoms with Crippen LogP contribution in [0.3, 0.4) is 0 Å². The Labute approximate surface area is 336 Å². The highest BCUT2D eigenvalue weighted by molar-refractivity contribution is 7.26. The lowest BCUT2D eigenvalue weighted by Gasteiger charge is -2.12. The van der Waals surface area contributed by atoms with Crippen LogP contribution in [-0.2, 0) is 0 Å². The minimum absolute atomic E-state index is 0.558. The maximum absolute atomic E-state index is 6.53. The molecule has 0 unspecified atom stereocenters. The van der Waals surface area contributed by atoms with Crippen LogP contribution in [0.15, 0.2) is 186 Å². The zero-order valence-corrected chi connectivity index (χ0v) is 31.7. The third-order valence-corrected chi connectivity index (χ3v) is 12.3. The number of hydrogen-bond donors (Lipinski definition) is 0. The van der Waals surface area contributed by atoms with E-state index in [0.717, 1.165) is 87.4 Å². The minimum Gasteiger partial charge on any atom is -0.455 e. The van der Waals surface area contributed by atoms with Crippen LogP contribution in [0.5, 0.6) is 0 Å². The first-order valence-corrected chi connectivity index (χ1v) is 20.1. The molecule has 0 saturated carbocycles. The minimum atomic E-state index is 0.558. The summed E-state index contributed by atoms with van der Waals surface area (Å²) in [5.74, 6) is 1.76. The van der Waals surface area contributed by atoms with Gasteiger partial charge in [-0.25, -0.2) is 19.9 Å². The Bertz CT molecular complexity index is 3570. The van der Waals surface area contributed by atoms with Crippen molar-refractivity contribution in [3.63, 3.8) is 0 Å². The van der Waals surface area contributed by atoms with Crippen molar-refractivity contribution >= 4 is 75.1 Å². The van der Waals surface area contributed by atoms with E-state index in [1.807, 2.05) is 36.4 Å².